The lowest BCUT2D eigenvalue weighted by Gasteiger charge is -2.34. The molecule has 0 saturated carbocycles. The Labute approximate surface area is 162 Å². The van der Waals surface area contributed by atoms with Crippen molar-refractivity contribution >= 4 is 23.3 Å². The number of piperidine rings is 1. The first-order chi connectivity index (χ1) is 12.9. The molecule has 1 aromatic rings. The minimum Gasteiger partial charge on any atom is -0.383 e. The van der Waals surface area contributed by atoms with Crippen LogP contribution in [-0.2, 0) is 9.53 Å². The predicted molar refractivity (Wildman–Crippen MR) is 108 cm³/mol. The molecule has 1 aromatic carbocycles. The fourth-order valence-electron chi connectivity index (χ4n) is 3.39. The van der Waals surface area contributed by atoms with Crippen LogP contribution in [0.5, 0.6) is 0 Å². The maximum absolute atomic E-state index is 12.6. The number of carbonyl (C=O) groups is 2. The second kappa shape index (κ2) is 10.3. The van der Waals surface area contributed by atoms with Crippen molar-refractivity contribution in [1.82, 2.24) is 9.80 Å². The van der Waals surface area contributed by atoms with E-state index in [-0.39, 0.29) is 11.9 Å². The minimum atomic E-state index is -0.133. The van der Waals surface area contributed by atoms with E-state index in [0.717, 1.165) is 51.3 Å². The Kier molecular flexibility index (Phi) is 8.06. The van der Waals surface area contributed by atoms with Crippen LogP contribution in [0, 0.1) is 5.92 Å². The molecule has 0 spiro atoms. The Morgan fingerprint density at radius 1 is 1.33 bits per heavy atom. The number of benzene rings is 1. The Bertz CT molecular complexity index is 637. The van der Waals surface area contributed by atoms with Gasteiger partial charge in [-0.05, 0) is 43.5 Å². The van der Waals surface area contributed by atoms with Crippen LogP contribution in [0.4, 0.5) is 16.2 Å². The van der Waals surface area contributed by atoms with Crippen molar-refractivity contribution in [2.24, 2.45) is 5.92 Å². The zero-order chi connectivity index (χ0) is 19.8. The van der Waals surface area contributed by atoms with Crippen molar-refractivity contribution in [1.29, 1.82) is 0 Å². The third kappa shape index (κ3) is 6.52. The summed E-state index contributed by atoms with van der Waals surface area (Å²) in [6.45, 7) is 6.03. The molecule has 0 radical (unpaired) electrons. The molecule has 7 heteroatoms. The number of likely N-dealkylation sites (tertiary alicyclic amines) is 1. The standard InChI is InChI=1S/C20H32N4O3/c1-16(25)23(3)19-9-5-8-18(13-19)21-20(26)22(2)14-17-7-6-10-24(15-17)11-12-27-4/h5,8-9,13,17H,6-7,10-12,14-15H2,1-4H3,(H,21,26)/t17-/m1/s1. The van der Waals surface area contributed by atoms with Gasteiger partial charge in [-0.2, -0.15) is 0 Å². The first kappa shape index (κ1) is 21.2. The summed E-state index contributed by atoms with van der Waals surface area (Å²) in [5.74, 6) is 0.424. The minimum absolute atomic E-state index is 0.0501. The maximum Gasteiger partial charge on any atom is 0.321 e. The van der Waals surface area contributed by atoms with Gasteiger partial charge in [0.2, 0.25) is 5.91 Å². The smallest absolute Gasteiger partial charge is 0.321 e. The summed E-state index contributed by atoms with van der Waals surface area (Å²) in [6.07, 6.45) is 2.29. The molecule has 1 heterocycles. The largest absolute Gasteiger partial charge is 0.383 e. The van der Waals surface area contributed by atoms with Crippen LogP contribution in [0.3, 0.4) is 0 Å². The highest BCUT2D eigenvalue weighted by molar-refractivity contribution is 5.93. The summed E-state index contributed by atoms with van der Waals surface area (Å²) in [6, 6.07) is 7.18. The Hall–Kier alpha value is -2.12. The van der Waals surface area contributed by atoms with Crippen molar-refractivity contribution in [2.75, 3.05) is 64.2 Å². The van der Waals surface area contributed by atoms with E-state index in [1.807, 2.05) is 25.2 Å². The molecule has 2 rings (SSSR count). The van der Waals surface area contributed by atoms with Crippen molar-refractivity contribution in [3.05, 3.63) is 24.3 Å². The van der Waals surface area contributed by atoms with Crippen LogP contribution in [-0.4, -0.2) is 75.7 Å². The van der Waals surface area contributed by atoms with Gasteiger partial charge < -0.3 is 24.8 Å². The summed E-state index contributed by atoms with van der Waals surface area (Å²) in [4.78, 5) is 29.8. The maximum atomic E-state index is 12.6. The van der Waals surface area contributed by atoms with Gasteiger partial charge in [-0.15, -0.1) is 0 Å². The molecule has 1 atom stereocenters. The van der Waals surface area contributed by atoms with Crippen molar-refractivity contribution in [3.8, 4) is 0 Å². The van der Waals surface area contributed by atoms with Gasteiger partial charge >= 0.3 is 6.03 Å². The summed E-state index contributed by atoms with van der Waals surface area (Å²) in [5, 5.41) is 2.93. The summed E-state index contributed by atoms with van der Waals surface area (Å²) in [5.41, 5.74) is 1.44. The molecule has 0 aliphatic carbocycles. The molecule has 1 saturated heterocycles. The number of hydrogen-bond donors (Lipinski definition) is 1. The monoisotopic (exact) mass is 376 g/mol. The van der Waals surface area contributed by atoms with Crippen LogP contribution in [0.2, 0.25) is 0 Å². The Morgan fingerprint density at radius 3 is 2.81 bits per heavy atom. The highest BCUT2D eigenvalue weighted by Gasteiger charge is 2.22. The molecule has 1 aliphatic heterocycles. The highest BCUT2D eigenvalue weighted by Crippen LogP contribution is 2.20. The number of methoxy groups -OCH3 is 1. The van der Waals surface area contributed by atoms with Gasteiger partial charge in [0.05, 0.1) is 6.61 Å². The van der Waals surface area contributed by atoms with E-state index < -0.39 is 0 Å². The van der Waals surface area contributed by atoms with Gasteiger partial charge in [0.1, 0.15) is 0 Å². The van der Waals surface area contributed by atoms with Gasteiger partial charge in [0.25, 0.3) is 0 Å². The first-order valence-electron chi connectivity index (χ1n) is 9.48. The Balaban J connectivity index is 1.88. The SMILES string of the molecule is COCCN1CCC[C@H](CN(C)C(=O)Nc2cccc(N(C)C(C)=O)c2)C1. The molecule has 0 bridgehead atoms. The number of hydrogen-bond acceptors (Lipinski definition) is 4. The lowest BCUT2D eigenvalue weighted by atomic mass is 9.97. The zero-order valence-corrected chi connectivity index (χ0v) is 16.9. The van der Waals surface area contributed by atoms with E-state index in [4.69, 9.17) is 4.74 Å². The topological polar surface area (TPSA) is 65.1 Å². The number of amides is 3. The van der Waals surface area contributed by atoms with E-state index in [1.54, 1.807) is 30.0 Å². The zero-order valence-electron chi connectivity index (χ0n) is 16.9. The molecular weight excluding hydrogens is 344 g/mol. The average molecular weight is 377 g/mol. The van der Waals surface area contributed by atoms with Gasteiger partial charge in [0.15, 0.2) is 0 Å². The fraction of sp³-hybridized carbons (Fsp3) is 0.600. The number of nitrogens with zero attached hydrogens (tertiary/aromatic N) is 3. The van der Waals surface area contributed by atoms with Crippen LogP contribution in [0.15, 0.2) is 24.3 Å². The molecule has 1 N–H and O–H groups in total. The first-order valence-corrected chi connectivity index (χ1v) is 9.48. The summed E-state index contributed by atoms with van der Waals surface area (Å²) < 4.78 is 5.17. The molecular formula is C20H32N4O3. The van der Waals surface area contributed by atoms with Gasteiger partial charge in [-0.1, -0.05) is 6.07 Å². The number of anilines is 2. The molecule has 27 heavy (non-hydrogen) atoms. The summed E-state index contributed by atoms with van der Waals surface area (Å²) in [7, 11) is 5.27. The molecule has 3 amide bonds. The van der Waals surface area contributed by atoms with Gasteiger partial charge in [-0.25, -0.2) is 4.79 Å². The highest BCUT2D eigenvalue weighted by atomic mass is 16.5. The molecule has 0 aromatic heterocycles. The van der Waals surface area contributed by atoms with E-state index >= 15 is 0 Å². The number of ether oxygens (including phenoxy) is 1. The molecule has 1 fully saturated rings. The second-order valence-corrected chi connectivity index (χ2v) is 7.24. The molecule has 1 aliphatic rings. The lowest BCUT2D eigenvalue weighted by Crippen LogP contribution is -2.43. The van der Waals surface area contributed by atoms with Crippen molar-refractivity contribution in [2.45, 2.75) is 19.8 Å². The number of nitrogens with one attached hydrogen (secondary N) is 1. The predicted octanol–water partition coefficient (Wildman–Crippen LogP) is 2.49. The Morgan fingerprint density at radius 2 is 2.11 bits per heavy atom. The van der Waals surface area contributed by atoms with Crippen LogP contribution in [0.25, 0.3) is 0 Å². The normalized spacial score (nSPS) is 17.4. The quantitative estimate of drug-likeness (QED) is 0.794. The molecule has 150 valence electrons. The number of carbonyl (C=O) groups excluding carboxylic acids is 2. The van der Waals surface area contributed by atoms with Crippen LogP contribution < -0.4 is 10.2 Å². The summed E-state index contributed by atoms with van der Waals surface area (Å²) >= 11 is 0. The van der Waals surface area contributed by atoms with E-state index in [9.17, 15) is 9.59 Å². The van der Waals surface area contributed by atoms with Gasteiger partial charge in [-0.3, -0.25) is 4.79 Å². The van der Waals surface area contributed by atoms with Crippen LogP contribution >= 0.6 is 0 Å². The van der Waals surface area contributed by atoms with Crippen molar-refractivity contribution in [3.63, 3.8) is 0 Å². The fourth-order valence-corrected chi connectivity index (χ4v) is 3.39. The van der Waals surface area contributed by atoms with E-state index in [0.29, 0.717) is 11.6 Å². The average Bonchev–Trinajstić information content (AvgIpc) is 2.66. The number of urea groups is 1. The molecule has 7 nitrogen and oxygen atoms in total. The second-order valence-electron chi connectivity index (χ2n) is 7.24. The van der Waals surface area contributed by atoms with Crippen molar-refractivity contribution < 1.29 is 14.3 Å². The number of rotatable bonds is 7. The van der Waals surface area contributed by atoms with E-state index in [2.05, 4.69) is 10.2 Å². The van der Waals surface area contributed by atoms with E-state index in [1.165, 1.54) is 6.92 Å². The third-order valence-corrected chi connectivity index (χ3v) is 5.05. The lowest BCUT2D eigenvalue weighted by molar-refractivity contribution is -0.116. The van der Waals surface area contributed by atoms with Gasteiger partial charge in [0, 0.05) is 59.1 Å². The third-order valence-electron chi connectivity index (χ3n) is 5.05. The molecule has 0 unspecified atom stereocenters. The van der Waals surface area contributed by atoms with Crippen LogP contribution in [0.1, 0.15) is 19.8 Å².